The molecule has 0 saturated heterocycles. The number of halogens is 3. The number of benzene rings is 1. The summed E-state index contributed by atoms with van der Waals surface area (Å²) in [5.74, 6) is -1.75. The van der Waals surface area contributed by atoms with Gasteiger partial charge in [0.2, 0.25) is 0 Å². The highest BCUT2D eigenvalue weighted by molar-refractivity contribution is 9.10. The highest BCUT2D eigenvalue weighted by Crippen LogP contribution is 2.30. The van der Waals surface area contributed by atoms with Crippen molar-refractivity contribution in [2.45, 2.75) is 39.4 Å². The molecule has 1 amide bonds. The van der Waals surface area contributed by atoms with Gasteiger partial charge in [-0.1, -0.05) is 0 Å². The Morgan fingerprint density at radius 3 is 2.62 bits per heavy atom. The number of H-pyrrole nitrogens is 1. The van der Waals surface area contributed by atoms with Crippen molar-refractivity contribution >= 4 is 21.8 Å². The van der Waals surface area contributed by atoms with Crippen LogP contribution >= 0.6 is 15.9 Å². The summed E-state index contributed by atoms with van der Waals surface area (Å²) >= 11 is 3.21. The monoisotopic (exact) mass is 536 g/mol. The number of nitrogens with one attached hydrogen (secondary N) is 2. The smallest absolute Gasteiger partial charge is 0.271 e. The first-order valence-electron chi connectivity index (χ1n) is 10.2. The molecule has 0 aliphatic carbocycles. The highest BCUT2D eigenvalue weighted by atomic mass is 79.9. The molecule has 0 aliphatic heterocycles. The Morgan fingerprint density at radius 2 is 2.00 bits per heavy atom. The van der Waals surface area contributed by atoms with Crippen LogP contribution in [0.15, 0.2) is 39.9 Å². The number of carbonyl (C=O) groups is 1. The van der Waals surface area contributed by atoms with E-state index in [1.165, 1.54) is 18.5 Å². The molecule has 0 bridgehead atoms. The van der Waals surface area contributed by atoms with Gasteiger partial charge in [-0.2, -0.15) is 0 Å². The molecule has 3 rings (SSSR count). The number of pyridine rings is 1. The Labute approximate surface area is 202 Å². The summed E-state index contributed by atoms with van der Waals surface area (Å²) in [6, 6.07) is 3.15. The number of aromatic nitrogens is 3. The van der Waals surface area contributed by atoms with Gasteiger partial charge in [0.25, 0.3) is 11.5 Å². The molecule has 0 unspecified atom stereocenters. The molecule has 1 aromatic carbocycles. The van der Waals surface area contributed by atoms with E-state index in [0.29, 0.717) is 17.0 Å². The van der Waals surface area contributed by atoms with Crippen molar-refractivity contribution in [3.8, 4) is 5.75 Å². The van der Waals surface area contributed by atoms with E-state index in [1.54, 1.807) is 20.8 Å². The van der Waals surface area contributed by atoms with Gasteiger partial charge in [0.05, 0.1) is 17.5 Å². The van der Waals surface area contributed by atoms with Gasteiger partial charge in [-0.15, -0.1) is 0 Å². The molecule has 0 fully saturated rings. The molecule has 2 heterocycles. The van der Waals surface area contributed by atoms with E-state index in [9.17, 15) is 23.5 Å². The van der Waals surface area contributed by atoms with Crippen molar-refractivity contribution < 1.29 is 23.4 Å². The summed E-state index contributed by atoms with van der Waals surface area (Å²) < 4.78 is 33.1. The number of aromatic amines is 1. The largest absolute Gasteiger partial charge is 0.487 e. The second kappa shape index (κ2) is 10.4. The standard InChI is InChI=1S/C23H23BrF2N4O4/c1-12-16(7-15-8-28-18(9-27-15)21(31)29-11-23(2,3)33)20(19(24)22(32)30-12)34-10-13-4-5-14(25)6-17(13)26/h4-6,8-9,33H,7,10-11H2,1-3H3,(H,29,31)(H,30,32). The minimum Gasteiger partial charge on any atom is -0.487 e. The van der Waals surface area contributed by atoms with Crippen molar-refractivity contribution in [2.24, 2.45) is 0 Å². The zero-order chi connectivity index (χ0) is 25.0. The van der Waals surface area contributed by atoms with E-state index in [0.717, 1.165) is 12.1 Å². The third-order valence-electron chi connectivity index (χ3n) is 4.79. The lowest BCUT2D eigenvalue weighted by molar-refractivity contribution is 0.0691. The number of aryl methyl sites for hydroxylation is 1. The molecule has 0 saturated carbocycles. The molecule has 11 heteroatoms. The molecule has 0 radical (unpaired) electrons. The Morgan fingerprint density at radius 1 is 1.26 bits per heavy atom. The first-order chi connectivity index (χ1) is 15.9. The van der Waals surface area contributed by atoms with Gasteiger partial charge in [0.15, 0.2) is 0 Å². The number of hydrogen-bond donors (Lipinski definition) is 3. The van der Waals surface area contributed by atoms with Crippen LogP contribution in [0.3, 0.4) is 0 Å². The van der Waals surface area contributed by atoms with Crippen molar-refractivity contribution in [3.05, 3.63) is 85.3 Å². The van der Waals surface area contributed by atoms with Crippen LogP contribution in [-0.4, -0.2) is 38.1 Å². The lowest BCUT2D eigenvalue weighted by atomic mass is 10.1. The highest BCUT2D eigenvalue weighted by Gasteiger charge is 2.19. The average molecular weight is 537 g/mol. The number of carbonyl (C=O) groups excluding carboxylic acids is 1. The van der Waals surface area contributed by atoms with E-state index in [2.05, 4.69) is 36.2 Å². The first-order valence-corrected chi connectivity index (χ1v) is 11.0. The van der Waals surface area contributed by atoms with Gasteiger partial charge in [0, 0.05) is 42.0 Å². The maximum Gasteiger partial charge on any atom is 0.271 e. The van der Waals surface area contributed by atoms with Crippen molar-refractivity contribution in [1.82, 2.24) is 20.3 Å². The van der Waals surface area contributed by atoms with Gasteiger partial charge in [-0.25, -0.2) is 13.8 Å². The molecule has 0 spiro atoms. The Bertz CT molecular complexity index is 1260. The van der Waals surface area contributed by atoms with E-state index in [1.807, 2.05) is 0 Å². The molecule has 3 N–H and O–H groups in total. The van der Waals surface area contributed by atoms with Crippen LogP contribution in [0.4, 0.5) is 8.78 Å². The van der Waals surface area contributed by atoms with Crippen LogP contribution in [0.2, 0.25) is 0 Å². The summed E-state index contributed by atoms with van der Waals surface area (Å²) in [5.41, 5.74) is 0.276. The second-order valence-corrected chi connectivity index (χ2v) is 9.08. The van der Waals surface area contributed by atoms with Gasteiger partial charge >= 0.3 is 0 Å². The number of aliphatic hydroxyl groups is 1. The van der Waals surface area contributed by atoms with Gasteiger partial charge in [-0.05, 0) is 48.8 Å². The maximum atomic E-state index is 14.0. The SMILES string of the molecule is Cc1[nH]c(=O)c(Br)c(OCc2ccc(F)cc2F)c1Cc1cnc(C(=O)NCC(C)(C)O)cn1. The molecule has 0 atom stereocenters. The molecular weight excluding hydrogens is 514 g/mol. The lowest BCUT2D eigenvalue weighted by Gasteiger charge is -2.17. The Kier molecular flexibility index (Phi) is 7.78. The maximum absolute atomic E-state index is 14.0. The Balaban J connectivity index is 1.82. The van der Waals surface area contributed by atoms with Crippen LogP contribution in [0.25, 0.3) is 0 Å². The average Bonchev–Trinajstić information content (AvgIpc) is 2.76. The molecule has 34 heavy (non-hydrogen) atoms. The van der Waals surface area contributed by atoms with E-state index in [4.69, 9.17) is 4.74 Å². The second-order valence-electron chi connectivity index (χ2n) is 8.29. The molecule has 8 nitrogen and oxygen atoms in total. The zero-order valence-corrected chi connectivity index (χ0v) is 20.3. The summed E-state index contributed by atoms with van der Waals surface area (Å²) in [5, 5.41) is 12.3. The first kappa shape index (κ1) is 25.4. The summed E-state index contributed by atoms with van der Waals surface area (Å²) in [6.07, 6.45) is 2.92. The molecule has 180 valence electrons. The normalized spacial score (nSPS) is 11.4. The molecule has 0 aliphatic rings. The van der Waals surface area contributed by atoms with Crippen LogP contribution in [0.5, 0.6) is 5.75 Å². The van der Waals surface area contributed by atoms with Crippen LogP contribution in [-0.2, 0) is 13.0 Å². The number of nitrogens with zero attached hydrogens (tertiary/aromatic N) is 2. The van der Waals surface area contributed by atoms with Crippen molar-refractivity contribution in [1.29, 1.82) is 0 Å². The van der Waals surface area contributed by atoms with Crippen LogP contribution < -0.4 is 15.6 Å². The predicted molar refractivity (Wildman–Crippen MR) is 124 cm³/mol. The fourth-order valence-corrected chi connectivity index (χ4v) is 3.44. The van der Waals surface area contributed by atoms with Crippen molar-refractivity contribution in [3.63, 3.8) is 0 Å². The van der Waals surface area contributed by atoms with E-state index < -0.39 is 28.7 Å². The molecule has 3 aromatic rings. The van der Waals surface area contributed by atoms with Crippen molar-refractivity contribution in [2.75, 3.05) is 6.54 Å². The van der Waals surface area contributed by atoms with Crippen LogP contribution in [0, 0.1) is 18.6 Å². The quantitative estimate of drug-likeness (QED) is 0.407. The minimum absolute atomic E-state index is 0.0508. The third-order valence-corrected chi connectivity index (χ3v) is 5.51. The summed E-state index contributed by atoms with van der Waals surface area (Å²) in [7, 11) is 0. The molecular formula is C23H23BrF2N4O4. The minimum atomic E-state index is -1.06. The number of hydrogen-bond acceptors (Lipinski definition) is 6. The Hall–Kier alpha value is -3.18. The van der Waals surface area contributed by atoms with Gasteiger partial charge in [-0.3, -0.25) is 14.6 Å². The zero-order valence-electron chi connectivity index (χ0n) is 18.7. The fraction of sp³-hybridized carbons (Fsp3) is 0.304. The summed E-state index contributed by atoms with van der Waals surface area (Å²) in [6.45, 7) is 4.63. The van der Waals surface area contributed by atoms with Crippen LogP contribution in [0.1, 0.15) is 46.9 Å². The number of amides is 1. The van der Waals surface area contributed by atoms with Gasteiger partial charge in [0.1, 0.15) is 34.2 Å². The van der Waals surface area contributed by atoms with Gasteiger partial charge < -0.3 is 20.1 Å². The topological polar surface area (TPSA) is 117 Å². The molecule has 2 aromatic heterocycles. The lowest BCUT2D eigenvalue weighted by Crippen LogP contribution is -2.38. The predicted octanol–water partition coefficient (Wildman–Crippen LogP) is 3.18. The van der Waals surface area contributed by atoms with E-state index >= 15 is 0 Å². The fourth-order valence-electron chi connectivity index (χ4n) is 2.99. The number of rotatable bonds is 8. The number of ether oxygens (including phenoxy) is 1. The van der Waals surface area contributed by atoms with E-state index in [-0.39, 0.29) is 41.1 Å². The summed E-state index contributed by atoms with van der Waals surface area (Å²) in [4.78, 5) is 35.5. The third kappa shape index (κ3) is 6.45.